The number of halogens is 1. The molecular weight excluding hydrogens is 388 g/mol. The maximum Gasteiger partial charge on any atom is 0.287 e. The fourth-order valence-corrected chi connectivity index (χ4v) is 4.15. The summed E-state index contributed by atoms with van der Waals surface area (Å²) in [5, 5.41) is 4.10. The van der Waals surface area contributed by atoms with E-state index in [-0.39, 0.29) is 17.2 Å². The van der Waals surface area contributed by atoms with Crippen LogP contribution < -0.4 is 10.7 Å². The fourth-order valence-electron chi connectivity index (χ4n) is 3.89. The standard InChI is InChI=1S/C23H23ClN2O3/c1-15-8-9-21-17(12-15)20(27)13-22(29-21)23(28)25-14-19(26-10-4-5-11-26)16-6-2-3-7-18(16)24/h2-3,6-9,12-13,19H,4-5,10-11,14H2,1H3,(H,25,28)/t19-/m0/s1. The van der Waals surface area contributed by atoms with Crippen LogP contribution in [-0.4, -0.2) is 30.4 Å². The van der Waals surface area contributed by atoms with Crippen LogP contribution in [0.5, 0.6) is 0 Å². The quantitative estimate of drug-likeness (QED) is 0.680. The van der Waals surface area contributed by atoms with Gasteiger partial charge in [0.25, 0.3) is 5.91 Å². The molecule has 1 amide bonds. The Bertz CT molecular complexity index is 1100. The molecule has 0 aliphatic carbocycles. The molecule has 5 nitrogen and oxygen atoms in total. The molecule has 1 aromatic heterocycles. The van der Waals surface area contributed by atoms with Gasteiger partial charge in [0.15, 0.2) is 11.2 Å². The number of aryl methyl sites for hydroxylation is 1. The third-order valence-electron chi connectivity index (χ3n) is 5.41. The van der Waals surface area contributed by atoms with E-state index in [2.05, 4.69) is 10.2 Å². The molecule has 6 heteroatoms. The smallest absolute Gasteiger partial charge is 0.287 e. The van der Waals surface area contributed by atoms with Crippen LogP contribution in [0.3, 0.4) is 0 Å². The molecule has 0 saturated carbocycles. The SMILES string of the molecule is Cc1ccc2oc(C(=O)NC[C@@H](c3ccccc3Cl)N3CCCC3)cc(=O)c2c1. The van der Waals surface area contributed by atoms with Crippen molar-refractivity contribution in [2.45, 2.75) is 25.8 Å². The van der Waals surface area contributed by atoms with Crippen LogP contribution >= 0.6 is 11.6 Å². The maximum atomic E-state index is 12.7. The normalized spacial score (nSPS) is 15.5. The van der Waals surface area contributed by atoms with E-state index in [0.717, 1.165) is 37.1 Å². The van der Waals surface area contributed by atoms with E-state index < -0.39 is 5.91 Å². The lowest BCUT2D eigenvalue weighted by Gasteiger charge is -2.28. The number of hydrogen-bond donors (Lipinski definition) is 1. The van der Waals surface area contributed by atoms with E-state index in [1.807, 2.05) is 37.3 Å². The van der Waals surface area contributed by atoms with Crippen LogP contribution in [0.4, 0.5) is 0 Å². The number of likely N-dealkylation sites (tertiary alicyclic amines) is 1. The number of amides is 1. The lowest BCUT2D eigenvalue weighted by atomic mass is 10.1. The molecule has 2 heterocycles. The molecule has 0 spiro atoms. The highest BCUT2D eigenvalue weighted by molar-refractivity contribution is 6.31. The van der Waals surface area contributed by atoms with E-state index in [1.54, 1.807) is 12.1 Å². The topological polar surface area (TPSA) is 62.6 Å². The van der Waals surface area contributed by atoms with Gasteiger partial charge in [-0.2, -0.15) is 0 Å². The number of carbonyl (C=O) groups excluding carboxylic acids is 1. The molecule has 4 rings (SSSR count). The third kappa shape index (κ3) is 4.21. The molecule has 1 aliphatic heterocycles. The summed E-state index contributed by atoms with van der Waals surface area (Å²) in [6, 6.07) is 14.3. The van der Waals surface area contributed by atoms with Gasteiger partial charge in [0.1, 0.15) is 5.58 Å². The Hall–Kier alpha value is -2.63. The Morgan fingerprint density at radius 2 is 1.93 bits per heavy atom. The number of hydrogen-bond acceptors (Lipinski definition) is 4. The molecule has 29 heavy (non-hydrogen) atoms. The first-order valence-corrected chi connectivity index (χ1v) is 10.2. The minimum Gasteiger partial charge on any atom is -0.451 e. The Labute approximate surface area is 174 Å². The molecule has 1 aliphatic rings. The lowest BCUT2D eigenvalue weighted by molar-refractivity contribution is 0.0910. The highest BCUT2D eigenvalue weighted by Gasteiger charge is 2.26. The molecule has 1 fully saturated rings. The summed E-state index contributed by atoms with van der Waals surface area (Å²) in [7, 11) is 0. The number of carbonyl (C=O) groups is 1. The van der Waals surface area contributed by atoms with Gasteiger partial charge in [-0.15, -0.1) is 0 Å². The van der Waals surface area contributed by atoms with Gasteiger partial charge in [0, 0.05) is 17.6 Å². The van der Waals surface area contributed by atoms with Crippen molar-refractivity contribution in [3.8, 4) is 0 Å². The first kappa shape index (κ1) is 19.7. The highest BCUT2D eigenvalue weighted by Crippen LogP contribution is 2.29. The third-order valence-corrected chi connectivity index (χ3v) is 5.75. The zero-order valence-corrected chi connectivity index (χ0v) is 17.0. The average molecular weight is 411 g/mol. The zero-order chi connectivity index (χ0) is 20.4. The van der Waals surface area contributed by atoms with E-state index in [9.17, 15) is 9.59 Å². The first-order valence-electron chi connectivity index (χ1n) is 9.84. The van der Waals surface area contributed by atoms with Crippen LogP contribution in [0, 0.1) is 6.92 Å². The number of fused-ring (bicyclic) bond motifs is 1. The zero-order valence-electron chi connectivity index (χ0n) is 16.3. The van der Waals surface area contributed by atoms with Crippen molar-refractivity contribution in [3.63, 3.8) is 0 Å². The second kappa shape index (κ2) is 8.39. The van der Waals surface area contributed by atoms with Crippen LogP contribution in [0.25, 0.3) is 11.0 Å². The second-order valence-electron chi connectivity index (χ2n) is 7.46. The molecular formula is C23H23ClN2O3. The summed E-state index contributed by atoms with van der Waals surface area (Å²) in [5.74, 6) is -0.383. The Morgan fingerprint density at radius 1 is 1.17 bits per heavy atom. The number of nitrogens with zero attached hydrogens (tertiary/aromatic N) is 1. The summed E-state index contributed by atoms with van der Waals surface area (Å²) in [6.07, 6.45) is 2.27. The van der Waals surface area contributed by atoms with Gasteiger partial charge >= 0.3 is 0 Å². The first-order chi connectivity index (χ1) is 14.0. The maximum absolute atomic E-state index is 12.7. The van der Waals surface area contributed by atoms with Crippen molar-refractivity contribution in [3.05, 3.63) is 80.7 Å². The summed E-state index contributed by atoms with van der Waals surface area (Å²) in [5.41, 5.74) is 2.15. The lowest BCUT2D eigenvalue weighted by Crippen LogP contribution is -2.37. The minimum absolute atomic E-state index is 0.0192. The van der Waals surface area contributed by atoms with Crippen molar-refractivity contribution >= 4 is 28.5 Å². The fraction of sp³-hybridized carbons (Fsp3) is 0.304. The second-order valence-corrected chi connectivity index (χ2v) is 7.87. The van der Waals surface area contributed by atoms with Gasteiger partial charge in [-0.1, -0.05) is 41.4 Å². The van der Waals surface area contributed by atoms with Crippen LogP contribution in [0.15, 0.2) is 57.7 Å². The largest absolute Gasteiger partial charge is 0.451 e. The molecule has 0 bridgehead atoms. The number of nitrogens with one attached hydrogen (secondary N) is 1. The van der Waals surface area contributed by atoms with Crippen molar-refractivity contribution in [2.75, 3.05) is 19.6 Å². The van der Waals surface area contributed by atoms with E-state index in [1.165, 1.54) is 6.07 Å². The van der Waals surface area contributed by atoms with Crippen molar-refractivity contribution < 1.29 is 9.21 Å². The van der Waals surface area contributed by atoms with Crippen molar-refractivity contribution in [2.24, 2.45) is 0 Å². The van der Waals surface area contributed by atoms with Gasteiger partial charge in [-0.05, 0) is 56.6 Å². The predicted molar refractivity (Wildman–Crippen MR) is 115 cm³/mol. The molecule has 1 N–H and O–H groups in total. The predicted octanol–water partition coefficient (Wildman–Crippen LogP) is 4.32. The van der Waals surface area contributed by atoms with Crippen LogP contribution in [0.1, 0.15) is 40.6 Å². The minimum atomic E-state index is -0.402. The van der Waals surface area contributed by atoms with Gasteiger partial charge in [-0.25, -0.2) is 0 Å². The Kier molecular flexibility index (Phi) is 5.69. The van der Waals surface area contributed by atoms with Gasteiger partial charge in [-0.3, -0.25) is 14.5 Å². The average Bonchev–Trinajstić information content (AvgIpc) is 3.24. The molecule has 1 atom stereocenters. The van der Waals surface area contributed by atoms with Gasteiger partial charge in [0.05, 0.1) is 11.4 Å². The molecule has 0 unspecified atom stereocenters. The molecule has 2 aromatic carbocycles. The van der Waals surface area contributed by atoms with Crippen molar-refractivity contribution in [1.29, 1.82) is 0 Å². The monoisotopic (exact) mass is 410 g/mol. The van der Waals surface area contributed by atoms with E-state index in [4.69, 9.17) is 16.0 Å². The van der Waals surface area contributed by atoms with Crippen LogP contribution in [-0.2, 0) is 0 Å². The van der Waals surface area contributed by atoms with Gasteiger partial charge in [0.2, 0.25) is 0 Å². The summed E-state index contributed by atoms with van der Waals surface area (Å²) < 4.78 is 5.69. The highest BCUT2D eigenvalue weighted by atomic mass is 35.5. The molecule has 150 valence electrons. The molecule has 3 aromatic rings. The summed E-state index contributed by atoms with van der Waals surface area (Å²) in [6.45, 7) is 4.23. The molecule has 0 radical (unpaired) electrons. The summed E-state index contributed by atoms with van der Waals surface area (Å²) >= 11 is 6.43. The van der Waals surface area contributed by atoms with Crippen molar-refractivity contribution in [1.82, 2.24) is 10.2 Å². The molecule has 1 saturated heterocycles. The number of rotatable bonds is 5. The Balaban J connectivity index is 1.57. The van der Waals surface area contributed by atoms with E-state index >= 15 is 0 Å². The van der Waals surface area contributed by atoms with Crippen LogP contribution in [0.2, 0.25) is 5.02 Å². The summed E-state index contributed by atoms with van der Waals surface area (Å²) in [4.78, 5) is 27.5. The Morgan fingerprint density at radius 3 is 2.69 bits per heavy atom. The number of benzene rings is 2. The van der Waals surface area contributed by atoms with E-state index in [0.29, 0.717) is 22.5 Å². The van der Waals surface area contributed by atoms with Gasteiger partial charge < -0.3 is 9.73 Å².